The van der Waals surface area contributed by atoms with Gasteiger partial charge in [-0.2, -0.15) is 11.8 Å². The Kier molecular flexibility index (Phi) is 4.76. The van der Waals surface area contributed by atoms with Crippen LogP contribution in [0.2, 0.25) is 5.02 Å². The number of thioether (sulfide) groups is 1. The van der Waals surface area contributed by atoms with Gasteiger partial charge in [-0.05, 0) is 43.5 Å². The van der Waals surface area contributed by atoms with Crippen molar-refractivity contribution >= 4 is 29.3 Å². The van der Waals surface area contributed by atoms with Gasteiger partial charge in [-0.3, -0.25) is 4.79 Å². The van der Waals surface area contributed by atoms with Crippen molar-refractivity contribution in [3.63, 3.8) is 0 Å². The number of rotatable bonds is 7. The summed E-state index contributed by atoms with van der Waals surface area (Å²) in [5.41, 5.74) is 0.400. The van der Waals surface area contributed by atoms with Crippen molar-refractivity contribution in [3.8, 4) is 0 Å². The lowest BCUT2D eigenvalue weighted by Gasteiger charge is -2.28. The predicted octanol–water partition coefficient (Wildman–Crippen LogP) is 3.03. The summed E-state index contributed by atoms with van der Waals surface area (Å²) < 4.78 is 0. The van der Waals surface area contributed by atoms with Gasteiger partial charge >= 0.3 is 5.97 Å². The number of nitrogens with one attached hydrogen (secondary N) is 1. The SMILES string of the molecule is CNC(CSCc1ccc(Cl)cc1)(C(=O)O)C1CC1. The summed E-state index contributed by atoms with van der Waals surface area (Å²) in [6.07, 6.45) is 2.02. The Labute approximate surface area is 122 Å². The highest BCUT2D eigenvalue weighted by molar-refractivity contribution is 7.98. The van der Waals surface area contributed by atoms with Gasteiger partial charge in [0.05, 0.1) is 0 Å². The molecular weight excluding hydrogens is 282 g/mol. The minimum absolute atomic E-state index is 0.271. The normalized spacial score (nSPS) is 18.0. The van der Waals surface area contributed by atoms with E-state index in [1.165, 1.54) is 5.56 Å². The molecule has 2 rings (SSSR count). The molecule has 0 aliphatic heterocycles. The topological polar surface area (TPSA) is 49.3 Å². The Bertz CT molecular complexity index is 447. The number of aliphatic carboxylic acids is 1. The highest BCUT2D eigenvalue weighted by Crippen LogP contribution is 2.41. The van der Waals surface area contributed by atoms with Crippen LogP contribution in [0.4, 0.5) is 0 Å². The zero-order valence-corrected chi connectivity index (χ0v) is 12.4. The van der Waals surface area contributed by atoms with E-state index in [4.69, 9.17) is 11.6 Å². The lowest BCUT2D eigenvalue weighted by atomic mass is 9.96. The van der Waals surface area contributed by atoms with Gasteiger partial charge in [-0.1, -0.05) is 23.7 Å². The molecule has 1 unspecified atom stereocenters. The van der Waals surface area contributed by atoms with Crippen LogP contribution in [-0.2, 0) is 10.5 Å². The van der Waals surface area contributed by atoms with Crippen LogP contribution in [0, 0.1) is 5.92 Å². The largest absolute Gasteiger partial charge is 0.480 e. The third-order valence-electron chi connectivity index (χ3n) is 3.61. The molecule has 1 fully saturated rings. The molecule has 1 aliphatic carbocycles. The van der Waals surface area contributed by atoms with Crippen molar-refractivity contribution in [2.24, 2.45) is 5.92 Å². The van der Waals surface area contributed by atoms with E-state index >= 15 is 0 Å². The lowest BCUT2D eigenvalue weighted by Crippen LogP contribution is -2.54. The molecule has 1 saturated carbocycles. The van der Waals surface area contributed by atoms with Crippen molar-refractivity contribution in [1.29, 1.82) is 0 Å². The molecule has 0 heterocycles. The van der Waals surface area contributed by atoms with Crippen LogP contribution in [0.5, 0.6) is 0 Å². The molecule has 19 heavy (non-hydrogen) atoms. The summed E-state index contributed by atoms with van der Waals surface area (Å²) in [7, 11) is 1.75. The van der Waals surface area contributed by atoms with Gasteiger partial charge in [0.1, 0.15) is 5.54 Å². The average molecular weight is 300 g/mol. The fraction of sp³-hybridized carbons (Fsp3) is 0.500. The molecule has 5 heteroatoms. The van der Waals surface area contributed by atoms with Crippen LogP contribution in [0.15, 0.2) is 24.3 Å². The van der Waals surface area contributed by atoms with E-state index in [0.29, 0.717) is 5.75 Å². The van der Waals surface area contributed by atoms with Gasteiger partial charge < -0.3 is 10.4 Å². The maximum Gasteiger partial charge on any atom is 0.325 e. The van der Waals surface area contributed by atoms with Crippen LogP contribution in [0.1, 0.15) is 18.4 Å². The van der Waals surface area contributed by atoms with Crippen LogP contribution in [-0.4, -0.2) is 29.4 Å². The molecule has 104 valence electrons. The molecular formula is C14H18ClNO2S. The number of hydrogen-bond acceptors (Lipinski definition) is 3. The van der Waals surface area contributed by atoms with E-state index in [1.54, 1.807) is 18.8 Å². The monoisotopic (exact) mass is 299 g/mol. The Balaban J connectivity index is 1.92. The number of carboxylic acids is 1. The Hall–Kier alpha value is -0.710. The molecule has 1 aliphatic rings. The van der Waals surface area contributed by atoms with Crippen LogP contribution in [0.25, 0.3) is 0 Å². The third kappa shape index (κ3) is 3.44. The minimum atomic E-state index is -0.767. The molecule has 0 radical (unpaired) electrons. The van der Waals surface area contributed by atoms with Crippen molar-refractivity contribution in [3.05, 3.63) is 34.9 Å². The van der Waals surface area contributed by atoms with E-state index in [2.05, 4.69) is 5.32 Å². The number of carboxylic acid groups (broad SMARTS) is 1. The molecule has 1 aromatic carbocycles. The number of carbonyl (C=O) groups is 1. The summed E-state index contributed by atoms with van der Waals surface area (Å²) in [5.74, 6) is 0.932. The van der Waals surface area contributed by atoms with Crippen LogP contribution >= 0.6 is 23.4 Å². The van der Waals surface area contributed by atoms with Gasteiger partial charge in [0.15, 0.2) is 0 Å². The molecule has 1 atom stereocenters. The zero-order valence-electron chi connectivity index (χ0n) is 10.9. The molecule has 0 saturated heterocycles. The number of hydrogen-bond donors (Lipinski definition) is 2. The molecule has 0 amide bonds. The number of benzene rings is 1. The molecule has 3 nitrogen and oxygen atoms in total. The second kappa shape index (κ2) is 6.16. The van der Waals surface area contributed by atoms with E-state index in [0.717, 1.165) is 23.6 Å². The predicted molar refractivity (Wildman–Crippen MR) is 79.8 cm³/mol. The zero-order chi connectivity index (χ0) is 13.9. The second-order valence-electron chi connectivity index (χ2n) is 4.92. The van der Waals surface area contributed by atoms with Crippen molar-refractivity contribution in [1.82, 2.24) is 5.32 Å². The first-order valence-electron chi connectivity index (χ1n) is 6.33. The smallest absolute Gasteiger partial charge is 0.325 e. The first-order chi connectivity index (χ1) is 9.08. The van der Waals surface area contributed by atoms with Gasteiger partial charge in [0, 0.05) is 16.5 Å². The van der Waals surface area contributed by atoms with Crippen molar-refractivity contribution in [2.45, 2.75) is 24.1 Å². The standard InChI is InChI=1S/C14H18ClNO2S/c1-16-14(13(17)18,11-4-5-11)9-19-8-10-2-6-12(15)7-3-10/h2-3,6-7,11,16H,4-5,8-9H2,1H3,(H,17,18). The molecule has 0 spiro atoms. The van der Waals surface area contributed by atoms with E-state index < -0.39 is 11.5 Å². The molecule has 2 N–H and O–H groups in total. The average Bonchev–Trinajstić information content (AvgIpc) is 3.21. The van der Waals surface area contributed by atoms with Gasteiger partial charge in [0.25, 0.3) is 0 Å². The fourth-order valence-corrected chi connectivity index (χ4v) is 3.71. The summed E-state index contributed by atoms with van der Waals surface area (Å²) in [4.78, 5) is 11.5. The van der Waals surface area contributed by atoms with Crippen molar-refractivity contribution < 1.29 is 9.90 Å². The maximum atomic E-state index is 11.5. The minimum Gasteiger partial charge on any atom is -0.480 e. The first kappa shape index (κ1) is 14.7. The Morgan fingerprint density at radius 1 is 1.47 bits per heavy atom. The molecule has 1 aromatic rings. The van der Waals surface area contributed by atoms with Crippen LogP contribution < -0.4 is 5.32 Å². The Morgan fingerprint density at radius 3 is 2.58 bits per heavy atom. The first-order valence-corrected chi connectivity index (χ1v) is 7.86. The number of halogens is 1. The van der Waals surface area contributed by atoms with Gasteiger partial charge in [-0.15, -0.1) is 0 Å². The van der Waals surface area contributed by atoms with E-state index in [1.807, 2.05) is 24.3 Å². The Morgan fingerprint density at radius 2 is 2.11 bits per heavy atom. The third-order valence-corrected chi connectivity index (χ3v) is 5.06. The quantitative estimate of drug-likeness (QED) is 0.812. The summed E-state index contributed by atoms with van der Waals surface area (Å²) >= 11 is 7.49. The number of likely N-dealkylation sites (N-methyl/N-ethyl adjacent to an activating group) is 1. The summed E-state index contributed by atoms with van der Waals surface area (Å²) in [6.45, 7) is 0. The molecule has 0 aromatic heterocycles. The maximum absolute atomic E-state index is 11.5. The van der Waals surface area contributed by atoms with Crippen molar-refractivity contribution in [2.75, 3.05) is 12.8 Å². The lowest BCUT2D eigenvalue weighted by molar-refractivity contribution is -0.144. The fourth-order valence-electron chi connectivity index (χ4n) is 2.22. The van der Waals surface area contributed by atoms with Gasteiger partial charge in [0.2, 0.25) is 0 Å². The summed E-state index contributed by atoms with van der Waals surface area (Å²) in [6, 6.07) is 7.68. The van der Waals surface area contributed by atoms with Crippen LogP contribution in [0.3, 0.4) is 0 Å². The summed E-state index contributed by atoms with van der Waals surface area (Å²) in [5, 5.41) is 13.2. The van der Waals surface area contributed by atoms with E-state index in [-0.39, 0.29) is 5.92 Å². The highest BCUT2D eigenvalue weighted by Gasteiger charge is 2.49. The highest BCUT2D eigenvalue weighted by atomic mass is 35.5. The molecule has 0 bridgehead atoms. The van der Waals surface area contributed by atoms with E-state index in [9.17, 15) is 9.90 Å². The van der Waals surface area contributed by atoms with Gasteiger partial charge in [-0.25, -0.2) is 0 Å². The second-order valence-corrected chi connectivity index (χ2v) is 6.34.